The molecule has 114 valence electrons. The maximum atomic E-state index is 11.9. The van der Waals surface area contributed by atoms with E-state index in [1.54, 1.807) is 6.92 Å². The van der Waals surface area contributed by atoms with Crippen molar-refractivity contribution in [2.75, 3.05) is 24.6 Å². The van der Waals surface area contributed by atoms with Crippen LogP contribution in [-0.4, -0.2) is 67.0 Å². The summed E-state index contributed by atoms with van der Waals surface area (Å²) in [6.45, 7) is 4.98. The second-order valence-corrected chi connectivity index (χ2v) is 7.06. The van der Waals surface area contributed by atoms with Crippen molar-refractivity contribution < 1.29 is 23.1 Å². The Morgan fingerprint density at radius 1 is 1.55 bits per heavy atom. The number of nitrogens with zero attached hydrogens (tertiary/aromatic N) is 1. The number of carboxylic acids is 1. The van der Waals surface area contributed by atoms with Crippen molar-refractivity contribution in [3.8, 4) is 0 Å². The van der Waals surface area contributed by atoms with Gasteiger partial charge in [-0.25, -0.2) is 8.42 Å². The van der Waals surface area contributed by atoms with Gasteiger partial charge in [0.05, 0.1) is 24.1 Å². The fourth-order valence-corrected chi connectivity index (χ4v) is 3.99. The van der Waals surface area contributed by atoms with Gasteiger partial charge in [-0.2, -0.15) is 0 Å². The van der Waals surface area contributed by atoms with Crippen molar-refractivity contribution in [2.24, 2.45) is 0 Å². The zero-order valence-electron chi connectivity index (χ0n) is 11.4. The molecule has 8 heteroatoms. The lowest BCUT2D eigenvalue weighted by Crippen LogP contribution is -2.52. The van der Waals surface area contributed by atoms with Crippen LogP contribution in [0, 0.1) is 0 Å². The van der Waals surface area contributed by atoms with Crippen molar-refractivity contribution in [1.82, 2.24) is 10.2 Å². The molecule has 0 aromatic rings. The lowest BCUT2D eigenvalue weighted by molar-refractivity contribution is -0.140. The van der Waals surface area contributed by atoms with Gasteiger partial charge in [-0.15, -0.1) is 6.58 Å². The molecular weight excluding hydrogens is 284 g/mol. The molecule has 0 spiro atoms. The highest BCUT2D eigenvalue weighted by atomic mass is 32.2. The zero-order valence-corrected chi connectivity index (χ0v) is 12.2. The van der Waals surface area contributed by atoms with Crippen LogP contribution >= 0.6 is 0 Å². The second-order valence-electron chi connectivity index (χ2n) is 4.83. The Morgan fingerprint density at radius 2 is 2.20 bits per heavy atom. The van der Waals surface area contributed by atoms with E-state index in [2.05, 4.69) is 11.9 Å². The standard InChI is InChI=1S/C12H20N2O5S/c1-3-5-13-12(17)9(2)14(7-11(15)16)10-4-6-20(18,19)8-10/h3,9-10H,1,4-8H2,2H3,(H,13,17)(H,15,16). The van der Waals surface area contributed by atoms with Crippen LogP contribution in [0.1, 0.15) is 13.3 Å². The summed E-state index contributed by atoms with van der Waals surface area (Å²) < 4.78 is 23.0. The first-order valence-corrected chi connectivity index (χ1v) is 8.15. The maximum Gasteiger partial charge on any atom is 0.317 e. The minimum Gasteiger partial charge on any atom is -0.480 e. The Hall–Kier alpha value is -1.41. The molecule has 1 fully saturated rings. The van der Waals surface area contributed by atoms with Gasteiger partial charge in [-0.05, 0) is 13.3 Å². The predicted octanol–water partition coefficient (Wildman–Crippen LogP) is -0.749. The summed E-state index contributed by atoms with van der Waals surface area (Å²) in [6.07, 6.45) is 1.88. The molecule has 1 rings (SSSR count). The molecule has 2 N–H and O–H groups in total. The van der Waals surface area contributed by atoms with Crippen LogP contribution in [0.15, 0.2) is 12.7 Å². The number of hydrogen-bond acceptors (Lipinski definition) is 5. The fourth-order valence-electron chi connectivity index (χ4n) is 2.25. The first kappa shape index (κ1) is 16.6. The first-order chi connectivity index (χ1) is 9.26. The van der Waals surface area contributed by atoms with Crippen LogP contribution in [0.4, 0.5) is 0 Å². The average molecular weight is 304 g/mol. The van der Waals surface area contributed by atoms with Gasteiger partial charge in [0.1, 0.15) is 0 Å². The van der Waals surface area contributed by atoms with Gasteiger partial charge in [-0.3, -0.25) is 14.5 Å². The van der Waals surface area contributed by atoms with Gasteiger partial charge in [0, 0.05) is 12.6 Å². The van der Waals surface area contributed by atoms with Crippen molar-refractivity contribution in [1.29, 1.82) is 0 Å². The van der Waals surface area contributed by atoms with E-state index in [1.807, 2.05) is 0 Å². The molecule has 0 aliphatic carbocycles. The maximum absolute atomic E-state index is 11.9. The molecule has 1 aliphatic rings. The number of aliphatic carboxylic acids is 1. The number of rotatable bonds is 7. The summed E-state index contributed by atoms with van der Waals surface area (Å²) in [5.41, 5.74) is 0. The van der Waals surface area contributed by atoms with Crippen LogP contribution in [0.25, 0.3) is 0 Å². The van der Waals surface area contributed by atoms with Crippen molar-refractivity contribution in [2.45, 2.75) is 25.4 Å². The average Bonchev–Trinajstić information content (AvgIpc) is 2.72. The van der Waals surface area contributed by atoms with Crippen LogP contribution < -0.4 is 5.32 Å². The van der Waals surface area contributed by atoms with Crippen molar-refractivity contribution >= 4 is 21.7 Å². The Kier molecular flexibility index (Phi) is 5.70. The van der Waals surface area contributed by atoms with E-state index >= 15 is 0 Å². The number of carbonyl (C=O) groups is 2. The third kappa shape index (κ3) is 4.61. The van der Waals surface area contributed by atoms with Gasteiger partial charge < -0.3 is 10.4 Å². The summed E-state index contributed by atoms with van der Waals surface area (Å²) in [5, 5.41) is 11.5. The molecule has 0 aromatic carbocycles. The smallest absolute Gasteiger partial charge is 0.317 e. The minimum absolute atomic E-state index is 0.0365. The van der Waals surface area contributed by atoms with E-state index in [0.29, 0.717) is 6.42 Å². The lowest BCUT2D eigenvalue weighted by atomic mass is 10.1. The minimum atomic E-state index is -3.13. The van der Waals surface area contributed by atoms with E-state index in [0.717, 1.165) is 0 Å². The second kappa shape index (κ2) is 6.85. The van der Waals surface area contributed by atoms with Crippen LogP contribution in [0.3, 0.4) is 0 Å². The molecule has 0 radical (unpaired) electrons. The monoisotopic (exact) mass is 304 g/mol. The van der Waals surface area contributed by atoms with E-state index in [9.17, 15) is 18.0 Å². The Labute approximate surface area is 118 Å². The number of amides is 1. The highest BCUT2D eigenvalue weighted by Gasteiger charge is 2.37. The van der Waals surface area contributed by atoms with Crippen LogP contribution in [0.5, 0.6) is 0 Å². The SMILES string of the molecule is C=CCNC(=O)C(C)N(CC(=O)O)C1CCS(=O)(=O)C1. The van der Waals surface area contributed by atoms with E-state index in [-0.39, 0.29) is 30.5 Å². The highest BCUT2D eigenvalue weighted by molar-refractivity contribution is 7.91. The largest absolute Gasteiger partial charge is 0.480 e. The van der Waals surface area contributed by atoms with Crippen LogP contribution in [-0.2, 0) is 19.4 Å². The predicted molar refractivity (Wildman–Crippen MR) is 74.1 cm³/mol. The zero-order chi connectivity index (χ0) is 15.3. The molecular formula is C12H20N2O5S. The number of carboxylic acid groups (broad SMARTS) is 1. The lowest BCUT2D eigenvalue weighted by Gasteiger charge is -2.31. The fraction of sp³-hybridized carbons (Fsp3) is 0.667. The summed E-state index contributed by atoms with van der Waals surface area (Å²) in [6, 6.07) is -1.13. The molecule has 0 bridgehead atoms. The third-order valence-corrected chi connectivity index (χ3v) is 5.04. The summed E-state index contributed by atoms with van der Waals surface area (Å²) in [4.78, 5) is 24.3. The van der Waals surface area contributed by atoms with Gasteiger partial charge in [-0.1, -0.05) is 6.08 Å². The molecule has 0 aromatic heterocycles. The van der Waals surface area contributed by atoms with Crippen LogP contribution in [0.2, 0.25) is 0 Å². The normalized spacial score (nSPS) is 22.4. The molecule has 20 heavy (non-hydrogen) atoms. The molecule has 1 aliphatic heterocycles. The Morgan fingerprint density at radius 3 is 2.65 bits per heavy atom. The number of carbonyl (C=O) groups excluding carboxylic acids is 1. The quantitative estimate of drug-likeness (QED) is 0.600. The van der Waals surface area contributed by atoms with E-state index < -0.39 is 27.9 Å². The van der Waals surface area contributed by atoms with Gasteiger partial charge in [0.15, 0.2) is 9.84 Å². The van der Waals surface area contributed by atoms with Crippen molar-refractivity contribution in [3.05, 3.63) is 12.7 Å². The molecule has 0 saturated carbocycles. The van der Waals surface area contributed by atoms with E-state index in [1.165, 1.54) is 11.0 Å². The van der Waals surface area contributed by atoms with Crippen molar-refractivity contribution in [3.63, 3.8) is 0 Å². The topological polar surface area (TPSA) is 104 Å². The summed E-state index contributed by atoms with van der Waals surface area (Å²) in [5.74, 6) is -1.48. The van der Waals surface area contributed by atoms with Gasteiger partial charge >= 0.3 is 5.97 Å². The molecule has 1 amide bonds. The first-order valence-electron chi connectivity index (χ1n) is 6.33. The number of hydrogen-bond donors (Lipinski definition) is 2. The molecule has 2 unspecified atom stereocenters. The Bertz CT molecular complexity index is 488. The number of nitrogens with one attached hydrogen (secondary N) is 1. The molecule has 1 heterocycles. The highest BCUT2D eigenvalue weighted by Crippen LogP contribution is 2.19. The molecule has 1 saturated heterocycles. The number of sulfone groups is 1. The van der Waals surface area contributed by atoms with E-state index in [4.69, 9.17) is 5.11 Å². The summed E-state index contributed by atoms with van der Waals surface area (Å²) in [7, 11) is -3.13. The molecule has 2 atom stereocenters. The molecule has 7 nitrogen and oxygen atoms in total. The van der Waals surface area contributed by atoms with Gasteiger partial charge in [0.2, 0.25) is 5.91 Å². The third-order valence-electron chi connectivity index (χ3n) is 3.29. The summed E-state index contributed by atoms with van der Waals surface area (Å²) >= 11 is 0. The van der Waals surface area contributed by atoms with Gasteiger partial charge in [0.25, 0.3) is 0 Å². The Balaban J connectivity index is 2.81.